The summed E-state index contributed by atoms with van der Waals surface area (Å²) in [6.45, 7) is 2.50. The van der Waals surface area contributed by atoms with Gasteiger partial charge in [0.05, 0.1) is 29.9 Å². The molecule has 0 aromatic carbocycles. The smallest absolute Gasteiger partial charge is 0.352 e. The minimum Gasteiger partial charge on any atom is -0.472 e. The van der Waals surface area contributed by atoms with E-state index in [1.807, 2.05) is 0 Å². The highest BCUT2D eigenvalue weighted by Gasteiger charge is 2.35. The molecule has 1 aliphatic rings. The number of hydrogen-bond acceptors (Lipinski definition) is 8. The summed E-state index contributed by atoms with van der Waals surface area (Å²) >= 11 is 11.7. The molecule has 0 atom stereocenters. The minimum absolute atomic E-state index is 0.0162. The number of anilines is 1. The number of aliphatic hydroxyl groups excluding tert-OH is 1. The summed E-state index contributed by atoms with van der Waals surface area (Å²) in [5.74, 6) is 0.470. The minimum atomic E-state index is -0.480. The summed E-state index contributed by atoms with van der Waals surface area (Å²) in [4.78, 5) is 18.7. The summed E-state index contributed by atoms with van der Waals surface area (Å²) in [5, 5.41) is 28.6. The van der Waals surface area contributed by atoms with E-state index in [-0.39, 0.29) is 35.6 Å². The van der Waals surface area contributed by atoms with Gasteiger partial charge in [-0.3, -0.25) is 14.8 Å². The van der Waals surface area contributed by atoms with E-state index in [4.69, 9.17) is 27.9 Å². The predicted octanol–water partition coefficient (Wildman–Crippen LogP) is 3.16. The van der Waals surface area contributed by atoms with Gasteiger partial charge in [-0.2, -0.15) is 4.98 Å². The van der Waals surface area contributed by atoms with Gasteiger partial charge in [-0.25, -0.2) is 4.98 Å². The Morgan fingerprint density at radius 2 is 2.18 bits per heavy atom. The summed E-state index contributed by atoms with van der Waals surface area (Å²) in [6.07, 6.45) is 3.50. The lowest BCUT2D eigenvalue weighted by Gasteiger charge is -2.31. The fourth-order valence-corrected chi connectivity index (χ4v) is 3.27. The van der Waals surface area contributed by atoms with Crippen LogP contribution in [-0.2, 0) is 0 Å². The average Bonchev–Trinajstić information content (AvgIpc) is 2.94. The summed E-state index contributed by atoms with van der Waals surface area (Å²) in [5.41, 5.74) is 0.316. The van der Waals surface area contributed by atoms with Gasteiger partial charge < -0.3 is 15.2 Å². The number of unbranched alkanes of at least 4 members (excludes halogenated alkanes) is 1. The third-order valence-corrected chi connectivity index (χ3v) is 4.98. The van der Waals surface area contributed by atoms with Crippen molar-refractivity contribution in [1.29, 1.82) is 0 Å². The summed E-state index contributed by atoms with van der Waals surface area (Å²) in [7, 11) is 0. The number of aromatic nitrogens is 4. The molecule has 2 N–H and O–H groups in total. The van der Waals surface area contributed by atoms with Crippen molar-refractivity contribution in [1.82, 2.24) is 19.7 Å². The number of nitro groups is 1. The number of nitrogens with zero attached hydrogens (tertiary/aromatic N) is 5. The van der Waals surface area contributed by atoms with Crippen molar-refractivity contribution >= 4 is 34.7 Å². The first-order valence-corrected chi connectivity index (χ1v) is 9.58. The molecule has 2 aromatic rings. The van der Waals surface area contributed by atoms with Crippen molar-refractivity contribution in [3.63, 3.8) is 0 Å². The van der Waals surface area contributed by atoms with Crippen LogP contribution in [0, 0.1) is 17.0 Å². The number of rotatable bonds is 9. The summed E-state index contributed by atoms with van der Waals surface area (Å²) in [6, 6.07) is -0.0281. The molecule has 1 aliphatic carbocycles. The Labute approximate surface area is 171 Å². The van der Waals surface area contributed by atoms with Crippen molar-refractivity contribution in [2.45, 2.75) is 44.8 Å². The van der Waals surface area contributed by atoms with Gasteiger partial charge in [-0.1, -0.05) is 11.6 Å². The number of hydrogen-bond donors (Lipinski definition) is 2. The third kappa shape index (κ3) is 4.62. The first-order chi connectivity index (χ1) is 13.4. The Kier molecular flexibility index (Phi) is 6.53. The molecule has 3 rings (SSSR count). The highest BCUT2D eigenvalue weighted by atomic mass is 35.5. The lowest BCUT2D eigenvalue weighted by atomic mass is 9.89. The zero-order chi connectivity index (χ0) is 20.3. The molecule has 1 saturated carbocycles. The van der Waals surface area contributed by atoms with Crippen molar-refractivity contribution in [3.8, 4) is 5.88 Å². The maximum atomic E-state index is 11.4. The standard InChI is InChI=1S/C16H20Cl2N6O4/c1-9-13(24(26)27)15(22-23(9)10-6-11(25)7-10)28-5-3-2-4-19-14-12(17)8-20-16(18)21-14/h8,10-11,25H,2-7H2,1H3,(H,19,20,21). The van der Waals surface area contributed by atoms with Crippen LogP contribution >= 0.6 is 23.2 Å². The van der Waals surface area contributed by atoms with Crippen LogP contribution in [-0.4, -0.2) is 49.0 Å². The number of nitrogens with one attached hydrogen (secondary N) is 1. The molecule has 10 nitrogen and oxygen atoms in total. The summed E-state index contributed by atoms with van der Waals surface area (Å²) < 4.78 is 7.15. The Morgan fingerprint density at radius 3 is 2.86 bits per heavy atom. The molecule has 0 amide bonds. The van der Waals surface area contributed by atoms with Gasteiger partial charge in [0, 0.05) is 6.54 Å². The van der Waals surface area contributed by atoms with Gasteiger partial charge in [0.25, 0.3) is 0 Å². The van der Waals surface area contributed by atoms with Crippen LogP contribution < -0.4 is 10.1 Å². The van der Waals surface area contributed by atoms with E-state index in [1.54, 1.807) is 11.6 Å². The Hall–Kier alpha value is -2.17. The molecule has 0 saturated heterocycles. The molecule has 0 unspecified atom stereocenters. The van der Waals surface area contributed by atoms with E-state index in [9.17, 15) is 15.2 Å². The normalized spacial score (nSPS) is 18.6. The Bertz CT molecular complexity index is 856. The maximum absolute atomic E-state index is 11.4. The fraction of sp³-hybridized carbons (Fsp3) is 0.562. The average molecular weight is 431 g/mol. The van der Waals surface area contributed by atoms with Crippen LogP contribution in [0.15, 0.2) is 6.20 Å². The molecule has 2 heterocycles. The number of ether oxygens (including phenoxy) is 1. The first kappa shape index (κ1) is 20.6. The highest BCUT2D eigenvalue weighted by Crippen LogP contribution is 2.38. The zero-order valence-corrected chi connectivity index (χ0v) is 16.7. The molecular weight excluding hydrogens is 411 g/mol. The Balaban J connectivity index is 1.50. The van der Waals surface area contributed by atoms with Crippen molar-refractivity contribution in [2.75, 3.05) is 18.5 Å². The second kappa shape index (κ2) is 8.89. The topological polar surface area (TPSA) is 128 Å². The van der Waals surface area contributed by atoms with Crippen LogP contribution in [0.2, 0.25) is 10.3 Å². The van der Waals surface area contributed by atoms with Crippen LogP contribution in [0.4, 0.5) is 11.5 Å². The molecule has 0 radical (unpaired) electrons. The second-order valence-electron chi connectivity index (χ2n) is 6.54. The van der Waals surface area contributed by atoms with E-state index in [1.165, 1.54) is 6.20 Å². The number of halogens is 2. The van der Waals surface area contributed by atoms with E-state index >= 15 is 0 Å². The van der Waals surface area contributed by atoms with E-state index in [0.717, 1.165) is 6.42 Å². The van der Waals surface area contributed by atoms with Gasteiger partial charge in [-0.15, -0.1) is 5.10 Å². The maximum Gasteiger partial charge on any atom is 0.352 e. The van der Waals surface area contributed by atoms with Crippen molar-refractivity contribution < 1.29 is 14.8 Å². The first-order valence-electron chi connectivity index (χ1n) is 8.83. The fourth-order valence-electron chi connectivity index (χ4n) is 2.98. The number of aliphatic hydroxyl groups is 1. The molecule has 0 spiro atoms. The van der Waals surface area contributed by atoms with Gasteiger partial charge in [0.1, 0.15) is 16.5 Å². The van der Waals surface area contributed by atoms with E-state index in [0.29, 0.717) is 42.3 Å². The molecule has 1 fully saturated rings. The highest BCUT2D eigenvalue weighted by molar-refractivity contribution is 6.33. The van der Waals surface area contributed by atoms with Gasteiger partial charge >= 0.3 is 11.6 Å². The third-order valence-electron chi connectivity index (χ3n) is 4.52. The van der Waals surface area contributed by atoms with Crippen molar-refractivity contribution in [3.05, 3.63) is 32.3 Å². The van der Waals surface area contributed by atoms with Crippen LogP contribution in [0.1, 0.15) is 37.4 Å². The lowest BCUT2D eigenvalue weighted by molar-refractivity contribution is -0.386. The van der Waals surface area contributed by atoms with Gasteiger partial charge in [-0.05, 0) is 44.2 Å². The van der Waals surface area contributed by atoms with Gasteiger partial charge in [0.2, 0.25) is 5.28 Å². The lowest BCUT2D eigenvalue weighted by Crippen LogP contribution is -2.32. The molecular formula is C16H20Cl2N6O4. The SMILES string of the molecule is Cc1c([N+](=O)[O-])c(OCCCCNc2nc(Cl)ncc2Cl)nn1C1CC(O)C1. The molecule has 0 bridgehead atoms. The van der Waals surface area contributed by atoms with Crippen LogP contribution in [0.25, 0.3) is 0 Å². The molecule has 0 aliphatic heterocycles. The molecule has 152 valence electrons. The zero-order valence-electron chi connectivity index (χ0n) is 15.1. The van der Waals surface area contributed by atoms with E-state index in [2.05, 4.69) is 20.4 Å². The predicted molar refractivity (Wildman–Crippen MR) is 103 cm³/mol. The molecule has 12 heteroatoms. The second-order valence-corrected chi connectivity index (χ2v) is 7.28. The van der Waals surface area contributed by atoms with Gasteiger partial charge in [0.15, 0.2) is 0 Å². The largest absolute Gasteiger partial charge is 0.472 e. The van der Waals surface area contributed by atoms with E-state index < -0.39 is 4.92 Å². The molecule has 2 aromatic heterocycles. The monoisotopic (exact) mass is 430 g/mol. The Morgan fingerprint density at radius 1 is 1.43 bits per heavy atom. The van der Waals surface area contributed by atoms with Crippen LogP contribution in [0.5, 0.6) is 5.88 Å². The molecule has 28 heavy (non-hydrogen) atoms. The quantitative estimate of drug-likeness (QED) is 0.268. The van der Waals surface area contributed by atoms with Crippen molar-refractivity contribution in [2.24, 2.45) is 0 Å². The van der Waals surface area contributed by atoms with Crippen LogP contribution in [0.3, 0.4) is 0 Å².